The van der Waals surface area contributed by atoms with Crippen LogP contribution in [-0.4, -0.2) is 45.8 Å². The van der Waals surface area contributed by atoms with E-state index in [-0.39, 0.29) is 11.5 Å². The van der Waals surface area contributed by atoms with Gasteiger partial charge in [0.1, 0.15) is 0 Å². The minimum absolute atomic E-state index is 0.216. The second kappa shape index (κ2) is 9.21. The summed E-state index contributed by atoms with van der Waals surface area (Å²) in [5.74, 6) is 1.17. The molecule has 3 aliphatic rings. The first-order valence-corrected chi connectivity index (χ1v) is 11.7. The minimum atomic E-state index is -0.670. The number of aliphatic hydroxyl groups excluding tert-OH is 2. The molecular weight excluding hydrogens is 364 g/mol. The molecule has 6 atom stereocenters. The zero-order chi connectivity index (χ0) is 21.2. The smallest absolute Gasteiger partial charge is 0.0613 e. The van der Waals surface area contributed by atoms with E-state index in [9.17, 15) is 15.3 Å². The van der Waals surface area contributed by atoms with Crippen LogP contribution in [0.4, 0.5) is 0 Å². The van der Waals surface area contributed by atoms with Crippen molar-refractivity contribution >= 4 is 0 Å². The van der Waals surface area contributed by atoms with Gasteiger partial charge in [-0.3, -0.25) is 0 Å². The molecule has 0 aliphatic heterocycles. The van der Waals surface area contributed by atoms with Crippen LogP contribution in [0.5, 0.6) is 0 Å². The number of aliphatic hydroxyl groups is 3. The topological polar surface area (TPSA) is 69.9 Å². The first kappa shape index (κ1) is 23.0. The fourth-order valence-electron chi connectivity index (χ4n) is 6.19. The summed E-state index contributed by atoms with van der Waals surface area (Å²) in [5, 5.41) is 29.8. The molecule has 0 unspecified atom stereocenters. The molecule has 0 aromatic rings. The van der Waals surface area contributed by atoms with Crippen molar-refractivity contribution in [1.82, 2.24) is 0 Å². The Hall–Kier alpha value is -0.680. The van der Waals surface area contributed by atoms with Gasteiger partial charge in [0.15, 0.2) is 0 Å². The average molecular weight is 407 g/mol. The maximum absolute atomic E-state index is 9.94. The van der Waals surface area contributed by atoms with Gasteiger partial charge in [-0.05, 0) is 95.8 Å². The lowest BCUT2D eigenvalue weighted by Crippen LogP contribution is -2.39. The monoisotopic (exact) mass is 406 g/mol. The molecule has 3 saturated carbocycles. The second-order valence-electron chi connectivity index (χ2n) is 10.8. The molecule has 0 aromatic carbocycles. The summed E-state index contributed by atoms with van der Waals surface area (Å²) < 4.78 is 6.18. The van der Waals surface area contributed by atoms with Crippen molar-refractivity contribution in [3.63, 3.8) is 0 Å². The fourth-order valence-corrected chi connectivity index (χ4v) is 6.19. The van der Waals surface area contributed by atoms with E-state index >= 15 is 0 Å². The molecular formula is C25H42O4. The third-order valence-corrected chi connectivity index (χ3v) is 7.77. The Bertz CT molecular complexity index is 605. The maximum Gasteiger partial charge on any atom is 0.0613 e. The number of fused-ring (bicyclic) bond motifs is 1. The number of hydrogen-bond acceptors (Lipinski definition) is 4. The fraction of sp³-hybridized carbons (Fsp3) is 0.840. The van der Waals surface area contributed by atoms with Crippen molar-refractivity contribution in [3.05, 3.63) is 23.3 Å². The summed E-state index contributed by atoms with van der Waals surface area (Å²) in [4.78, 5) is 0. The summed E-state index contributed by atoms with van der Waals surface area (Å²) >= 11 is 0. The van der Waals surface area contributed by atoms with E-state index in [1.54, 1.807) is 5.57 Å². The van der Waals surface area contributed by atoms with E-state index in [0.29, 0.717) is 44.1 Å². The van der Waals surface area contributed by atoms with Crippen LogP contribution in [0.25, 0.3) is 0 Å². The van der Waals surface area contributed by atoms with Crippen LogP contribution in [0.15, 0.2) is 23.3 Å². The van der Waals surface area contributed by atoms with Gasteiger partial charge in [-0.2, -0.15) is 0 Å². The molecule has 166 valence electrons. The lowest BCUT2D eigenvalue weighted by molar-refractivity contribution is -0.0454. The first-order valence-electron chi connectivity index (χ1n) is 11.7. The number of ether oxygens (including phenoxy) is 1. The SMILES string of the molecule is C[C@H](OCCC(C)(C)O)[C@H]1CC[C@@H]2/C(=C/C=C3C[C@@H](O)C[C@H](O)C3)CCC[C@@]21C. The number of hydrogen-bond donors (Lipinski definition) is 3. The summed E-state index contributed by atoms with van der Waals surface area (Å²) in [7, 11) is 0. The highest BCUT2D eigenvalue weighted by molar-refractivity contribution is 5.26. The third-order valence-electron chi connectivity index (χ3n) is 7.77. The molecule has 3 rings (SSSR count). The van der Waals surface area contributed by atoms with Crippen molar-refractivity contribution in [2.45, 2.75) is 109 Å². The Balaban J connectivity index is 1.66. The maximum atomic E-state index is 9.94. The van der Waals surface area contributed by atoms with Crippen LogP contribution in [0.2, 0.25) is 0 Å². The van der Waals surface area contributed by atoms with Gasteiger partial charge >= 0.3 is 0 Å². The van der Waals surface area contributed by atoms with Crippen LogP contribution in [0.1, 0.15) is 85.5 Å². The van der Waals surface area contributed by atoms with Crippen LogP contribution < -0.4 is 0 Å². The molecule has 0 saturated heterocycles. The van der Waals surface area contributed by atoms with Crippen molar-refractivity contribution in [2.24, 2.45) is 17.3 Å². The molecule has 4 nitrogen and oxygen atoms in total. The Kier molecular flexibility index (Phi) is 7.31. The first-order chi connectivity index (χ1) is 13.6. The van der Waals surface area contributed by atoms with Gasteiger partial charge in [0.25, 0.3) is 0 Å². The second-order valence-corrected chi connectivity index (χ2v) is 10.8. The van der Waals surface area contributed by atoms with Gasteiger partial charge in [-0.25, -0.2) is 0 Å². The molecule has 0 aromatic heterocycles. The average Bonchev–Trinajstić information content (AvgIpc) is 2.95. The molecule has 29 heavy (non-hydrogen) atoms. The molecule has 3 fully saturated rings. The highest BCUT2D eigenvalue weighted by atomic mass is 16.5. The molecule has 0 radical (unpaired) electrons. The highest BCUT2D eigenvalue weighted by Gasteiger charge is 2.51. The van der Waals surface area contributed by atoms with E-state index < -0.39 is 17.8 Å². The molecule has 0 bridgehead atoms. The highest BCUT2D eigenvalue weighted by Crippen LogP contribution is 2.58. The van der Waals surface area contributed by atoms with Crippen LogP contribution in [-0.2, 0) is 4.74 Å². The van der Waals surface area contributed by atoms with Gasteiger partial charge in [0.2, 0.25) is 0 Å². The van der Waals surface area contributed by atoms with Crippen LogP contribution in [0.3, 0.4) is 0 Å². The van der Waals surface area contributed by atoms with Gasteiger partial charge in [-0.15, -0.1) is 0 Å². The van der Waals surface area contributed by atoms with Gasteiger partial charge in [-0.1, -0.05) is 30.2 Å². The van der Waals surface area contributed by atoms with Crippen LogP contribution >= 0.6 is 0 Å². The zero-order valence-corrected chi connectivity index (χ0v) is 18.9. The number of allylic oxidation sites excluding steroid dienone is 3. The summed E-state index contributed by atoms with van der Waals surface area (Å²) in [6.07, 6.45) is 12.5. The molecule has 3 aliphatic carbocycles. The Morgan fingerprint density at radius 3 is 2.52 bits per heavy atom. The standard InChI is InChI=1S/C25H42O4/c1-17(29-13-12-24(2,3)28)22-9-10-23-19(6-5-11-25(22,23)4)8-7-18-14-20(26)16-21(27)15-18/h7-8,17,20-23,26-28H,5-6,9-16H2,1-4H3/b19-8+/t17-,20+,21+,22+,23+,25+/m0/s1. The van der Waals surface area contributed by atoms with Crippen molar-refractivity contribution in [3.8, 4) is 0 Å². The lowest BCUT2D eigenvalue weighted by Gasteiger charge is -2.44. The van der Waals surface area contributed by atoms with Crippen molar-refractivity contribution < 1.29 is 20.1 Å². The lowest BCUT2D eigenvalue weighted by atomic mass is 9.62. The molecule has 0 amide bonds. The Morgan fingerprint density at radius 2 is 1.86 bits per heavy atom. The third kappa shape index (κ3) is 5.72. The normalized spacial score (nSPS) is 38.2. The van der Waals surface area contributed by atoms with E-state index in [0.717, 1.165) is 6.42 Å². The van der Waals surface area contributed by atoms with Gasteiger partial charge in [0, 0.05) is 6.61 Å². The predicted molar refractivity (Wildman–Crippen MR) is 117 cm³/mol. The predicted octanol–water partition coefficient (Wildman–Crippen LogP) is 4.53. The minimum Gasteiger partial charge on any atom is -0.393 e. The van der Waals surface area contributed by atoms with E-state index in [4.69, 9.17) is 4.74 Å². The molecule has 4 heteroatoms. The molecule has 0 heterocycles. The van der Waals surface area contributed by atoms with E-state index in [1.807, 2.05) is 13.8 Å². The van der Waals surface area contributed by atoms with Gasteiger partial charge in [0.05, 0.1) is 23.9 Å². The van der Waals surface area contributed by atoms with E-state index in [2.05, 4.69) is 26.0 Å². The zero-order valence-electron chi connectivity index (χ0n) is 18.9. The quantitative estimate of drug-likeness (QED) is 0.606. The van der Waals surface area contributed by atoms with Crippen molar-refractivity contribution in [1.29, 1.82) is 0 Å². The van der Waals surface area contributed by atoms with Gasteiger partial charge < -0.3 is 20.1 Å². The number of rotatable bonds is 6. The Morgan fingerprint density at radius 1 is 1.17 bits per heavy atom. The molecule has 3 N–H and O–H groups in total. The largest absolute Gasteiger partial charge is 0.393 e. The van der Waals surface area contributed by atoms with E-state index in [1.165, 1.54) is 31.3 Å². The summed E-state index contributed by atoms with van der Waals surface area (Å²) in [5.41, 5.74) is 2.33. The molecule has 0 spiro atoms. The van der Waals surface area contributed by atoms with Crippen molar-refractivity contribution in [2.75, 3.05) is 6.61 Å². The Labute approximate surface area is 177 Å². The summed E-state index contributed by atoms with van der Waals surface area (Å²) in [6.45, 7) is 8.96. The van der Waals surface area contributed by atoms with Crippen LogP contribution in [0, 0.1) is 17.3 Å². The summed E-state index contributed by atoms with van der Waals surface area (Å²) in [6, 6.07) is 0.